The first-order valence-corrected chi connectivity index (χ1v) is 6.70. The molecule has 0 fully saturated rings. The van der Waals surface area contributed by atoms with Gasteiger partial charge in [0.2, 0.25) is 0 Å². The predicted octanol–water partition coefficient (Wildman–Crippen LogP) is 5.26. The molecule has 0 saturated heterocycles. The minimum Gasteiger partial charge on any atom is -0.103 e. The molecule has 0 heterocycles. The molecule has 1 atom stereocenters. The number of hydrogen-bond acceptors (Lipinski definition) is 0. The highest BCUT2D eigenvalue weighted by atomic mass is 14.3. The van der Waals surface area contributed by atoms with E-state index in [0.717, 1.165) is 5.92 Å². The molecule has 86 valence electrons. The smallest absolute Gasteiger partial charge is 0.00202 e. The lowest BCUT2D eigenvalue weighted by Gasteiger charge is -2.00. The van der Waals surface area contributed by atoms with E-state index in [1.807, 2.05) is 6.08 Å². The fraction of sp³-hybridized carbons (Fsp3) is 0.733. The Bertz CT molecular complexity index is 200. The molecule has 1 aliphatic carbocycles. The van der Waals surface area contributed by atoms with E-state index in [1.54, 1.807) is 5.57 Å². The van der Waals surface area contributed by atoms with E-state index in [0.29, 0.717) is 0 Å². The standard InChI is InChI=1S/C15H26/c1-3-5-7-8-10-12-15-13-14(15)11-9-6-4-2/h3,13-14H,1,4-12H2,2H3. The molecule has 1 rings (SSSR count). The average Bonchev–Trinajstić information content (AvgIpc) is 2.97. The van der Waals surface area contributed by atoms with Crippen LogP contribution in [-0.2, 0) is 0 Å². The molecular formula is C15H26. The molecule has 0 aromatic heterocycles. The van der Waals surface area contributed by atoms with E-state index in [9.17, 15) is 0 Å². The summed E-state index contributed by atoms with van der Waals surface area (Å²) in [5, 5.41) is 0. The van der Waals surface area contributed by atoms with Gasteiger partial charge in [0.1, 0.15) is 0 Å². The van der Waals surface area contributed by atoms with E-state index in [1.165, 1.54) is 57.8 Å². The Morgan fingerprint density at radius 2 is 2.07 bits per heavy atom. The second-order valence-corrected chi connectivity index (χ2v) is 4.73. The van der Waals surface area contributed by atoms with E-state index in [4.69, 9.17) is 0 Å². The first-order valence-electron chi connectivity index (χ1n) is 6.70. The molecule has 0 radical (unpaired) electrons. The molecule has 1 unspecified atom stereocenters. The Kier molecular flexibility index (Phi) is 6.47. The van der Waals surface area contributed by atoms with Crippen LogP contribution >= 0.6 is 0 Å². The first-order chi connectivity index (χ1) is 7.38. The van der Waals surface area contributed by atoms with Crippen LogP contribution in [0.2, 0.25) is 0 Å². The van der Waals surface area contributed by atoms with Crippen LogP contribution in [0.3, 0.4) is 0 Å². The second kappa shape index (κ2) is 7.73. The molecule has 0 bridgehead atoms. The van der Waals surface area contributed by atoms with Crippen LogP contribution in [0.15, 0.2) is 24.3 Å². The lowest BCUT2D eigenvalue weighted by molar-refractivity contribution is 0.616. The van der Waals surface area contributed by atoms with Crippen molar-refractivity contribution in [1.29, 1.82) is 0 Å². The molecule has 0 amide bonds. The zero-order chi connectivity index (χ0) is 10.9. The summed E-state index contributed by atoms with van der Waals surface area (Å²) in [6.45, 7) is 6.03. The third-order valence-corrected chi connectivity index (χ3v) is 3.27. The maximum Gasteiger partial charge on any atom is -0.00202 e. The van der Waals surface area contributed by atoms with E-state index in [-0.39, 0.29) is 0 Å². The maximum absolute atomic E-state index is 3.75. The molecule has 0 aromatic carbocycles. The van der Waals surface area contributed by atoms with Crippen molar-refractivity contribution in [3.8, 4) is 0 Å². The molecule has 0 N–H and O–H groups in total. The predicted molar refractivity (Wildman–Crippen MR) is 69.0 cm³/mol. The SMILES string of the molecule is C=CCCCCCC1=CC1CCCCC. The van der Waals surface area contributed by atoms with Crippen LogP contribution in [0.1, 0.15) is 64.7 Å². The number of rotatable bonds is 10. The second-order valence-electron chi connectivity index (χ2n) is 4.73. The molecule has 1 aliphatic rings. The van der Waals surface area contributed by atoms with Gasteiger partial charge in [0.05, 0.1) is 0 Å². The molecular weight excluding hydrogens is 180 g/mol. The molecule has 0 spiro atoms. The van der Waals surface area contributed by atoms with E-state index >= 15 is 0 Å². The normalized spacial score (nSPS) is 18.7. The third kappa shape index (κ3) is 5.81. The first kappa shape index (κ1) is 12.5. The van der Waals surface area contributed by atoms with Crippen LogP contribution in [0.4, 0.5) is 0 Å². The van der Waals surface area contributed by atoms with Crippen LogP contribution in [0, 0.1) is 5.92 Å². The van der Waals surface area contributed by atoms with Crippen molar-refractivity contribution in [3.63, 3.8) is 0 Å². The van der Waals surface area contributed by atoms with Crippen LogP contribution in [0.25, 0.3) is 0 Å². The summed E-state index contributed by atoms with van der Waals surface area (Å²) in [5.41, 5.74) is 1.75. The van der Waals surface area contributed by atoms with Gasteiger partial charge in [-0.2, -0.15) is 0 Å². The number of unbranched alkanes of at least 4 members (excludes halogenated alkanes) is 5. The van der Waals surface area contributed by atoms with Gasteiger partial charge in [0, 0.05) is 0 Å². The van der Waals surface area contributed by atoms with Crippen molar-refractivity contribution in [2.45, 2.75) is 64.7 Å². The highest BCUT2D eigenvalue weighted by Crippen LogP contribution is 2.37. The van der Waals surface area contributed by atoms with Gasteiger partial charge in [0.15, 0.2) is 0 Å². The maximum atomic E-state index is 3.75. The van der Waals surface area contributed by atoms with Crippen molar-refractivity contribution in [1.82, 2.24) is 0 Å². The molecule has 0 aromatic rings. The monoisotopic (exact) mass is 206 g/mol. The average molecular weight is 206 g/mol. The van der Waals surface area contributed by atoms with Gasteiger partial charge in [-0.3, -0.25) is 0 Å². The highest BCUT2D eigenvalue weighted by molar-refractivity contribution is 5.28. The molecule has 0 saturated carbocycles. The van der Waals surface area contributed by atoms with E-state index in [2.05, 4.69) is 19.6 Å². The van der Waals surface area contributed by atoms with Crippen LogP contribution in [0.5, 0.6) is 0 Å². The molecule has 15 heavy (non-hydrogen) atoms. The number of allylic oxidation sites excluding steroid dienone is 3. The topological polar surface area (TPSA) is 0 Å². The van der Waals surface area contributed by atoms with Gasteiger partial charge >= 0.3 is 0 Å². The summed E-state index contributed by atoms with van der Waals surface area (Å²) in [6.07, 6.45) is 16.8. The Morgan fingerprint density at radius 1 is 1.20 bits per heavy atom. The zero-order valence-corrected chi connectivity index (χ0v) is 10.3. The van der Waals surface area contributed by atoms with Gasteiger partial charge in [0.25, 0.3) is 0 Å². The van der Waals surface area contributed by atoms with Crippen molar-refractivity contribution in [2.24, 2.45) is 5.92 Å². The van der Waals surface area contributed by atoms with Gasteiger partial charge in [-0.1, -0.05) is 50.3 Å². The number of hydrogen-bond donors (Lipinski definition) is 0. The van der Waals surface area contributed by atoms with Crippen molar-refractivity contribution >= 4 is 0 Å². The minimum atomic E-state index is 0.913. The Morgan fingerprint density at radius 3 is 2.80 bits per heavy atom. The van der Waals surface area contributed by atoms with Crippen molar-refractivity contribution in [3.05, 3.63) is 24.3 Å². The molecule has 0 aliphatic heterocycles. The summed E-state index contributed by atoms with van der Waals surface area (Å²) in [5.74, 6) is 0.913. The van der Waals surface area contributed by atoms with Gasteiger partial charge < -0.3 is 0 Å². The summed E-state index contributed by atoms with van der Waals surface area (Å²) >= 11 is 0. The van der Waals surface area contributed by atoms with E-state index < -0.39 is 0 Å². The van der Waals surface area contributed by atoms with Crippen LogP contribution < -0.4 is 0 Å². The fourth-order valence-electron chi connectivity index (χ4n) is 2.16. The fourth-order valence-corrected chi connectivity index (χ4v) is 2.16. The zero-order valence-electron chi connectivity index (χ0n) is 10.3. The quantitative estimate of drug-likeness (QED) is 0.338. The van der Waals surface area contributed by atoms with Gasteiger partial charge in [-0.15, -0.1) is 6.58 Å². The van der Waals surface area contributed by atoms with Gasteiger partial charge in [-0.05, 0) is 38.0 Å². The summed E-state index contributed by atoms with van der Waals surface area (Å²) in [4.78, 5) is 0. The largest absolute Gasteiger partial charge is 0.103 e. The van der Waals surface area contributed by atoms with Crippen molar-refractivity contribution < 1.29 is 0 Å². The highest BCUT2D eigenvalue weighted by Gasteiger charge is 2.22. The third-order valence-electron chi connectivity index (χ3n) is 3.27. The van der Waals surface area contributed by atoms with Crippen molar-refractivity contribution in [2.75, 3.05) is 0 Å². The lowest BCUT2D eigenvalue weighted by Crippen LogP contribution is -1.84. The van der Waals surface area contributed by atoms with Gasteiger partial charge in [-0.25, -0.2) is 0 Å². The Balaban J connectivity index is 1.84. The summed E-state index contributed by atoms with van der Waals surface area (Å²) < 4.78 is 0. The molecule has 0 nitrogen and oxygen atoms in total. The van der Waals surface area contributed by atoms with Crippen LogP contribution in [-0.4, -0.2) is 0 Å². The summed E-state index contributed by atoms with van der Waals surface area (Å²) in [6, 6.07) is 0. The molecule has 0 heteroatoms. The minimum absolute atomic E-state index is 0.913. The Hall–Kier alpha value is -0.520. The Labute approximate surface area is 95.5 Å². The lowest BCUT2D eigenvalue weighted by atomic mass is 10.1. The summed E-state index contributed by atoms with van der Waals surface area (Å²) in [7, 11) is 0.